The average Bonchev–Trinajstić information content (AvgIpc) is 2.35. The summed E-state index contributed by atoms with van der Waals surface area (Å²) in [5.41, 5.74) is -0.782. The van der Waals surface area contributed by atoms with Crippen molar-refractivity contribution < 1.29 is 31.1 Å². The highest BCUT2D eigenvalue weighted by Gasteiger charge is 2.39. The SMILES string of the molecule is CN([C@H](CO)C(C)(C)C)S(=O)(=O)c1c(F)c(F)cc(F)c1F. The maximum atomic E-state index is 13.7. The van der Waals surface area contributed by atoms with Gasteiger partial charge in [0.1, 0.15) is 0 Å². The summed E-state index contributed by atoms with van der Waals surface area (Å²) in [6.07, 6.45) is 0. The molecule has 126 valence electrons. The second-order valence-corrected chi connectivity index (χ2v) is 7.82. The van der Waals surface area contributed by atoms with Gasteiger partial charge < -0.3 is 5.11 Å². The normalized spacial score (nSPS) is 14.5. The molecule has 0 aliphatic heterocycles. The number of sulfonamides is 1. The molecular formula is C13H17F4NO3S. The van der Waals surface area contributed by atoms with Crippen LogP contribution in [0.1, 0.15) is 20.8 Å². The first-order chi connectivity index (χ1) is 9.85. The molecule has 0 spiro atoms. The standard InChI is InChI=1S/C13H17F4NO3S/c1-13(2,3)9(6-19)18(4)22(20,21)12-10(16)7(14)5-8(15)11(12)17/h5,9,19H,6H2,1-4H3/t9-/m1/s1. The molecule has 0 radical (unpaired) electrons. The summed E-state index contributed by atoms with van der Waals surface area (Å²) in [7, 11) is -3.92. The van der Waals surface area contributed by atoms with Gasteiger partial charge in [0.05, 0.1) is 12.6 Å². The van der Waals surface area contributed by atoms with E-state index in [1.165, 1.54) is 0 Å². The highest BCUT2D eigenvalue weighted by Crippen LogP contribution is 2.31. The number of benzene rings is 1. The third-order valence-electron chi connectivity index (χ3n) is 3.32. The number of aliphatic hydroxyl groups is 1. The van der Waals surface area contributed by atoms with Gasteiger partial charge in [-0.15, -0.1) is 0 Å². The Morgan fingerprint density at radius 1 is 1.14 bits per heavy atom. The molecule has 0 bridgehead atoms. The molecule has 1 N–H and O–H groups in total. The number of hydrogen-bond donors (Lipinski definition) is 1. The average molecular weight is 343 g/mol. The lowest BCUT2D eigenvalue weighted by molar-refractivity contribution is 0.114. The van der Waals surface area contributed by atoms with E-state index in [1.807, 2.05) is 0 Å². The minimum atomic E-state index is -4.90. The quantitative estimate of drug-likeness (QED) is 0.674. The van der Waals surface area contributed by atoms with Crippen LogP contribution in [-0.4, -0.2) is 37.5 Å². The molecule has 0 fully saturated rings. The number of aliphatic hydroxyl groups excluding tert-OH is 1. The number of halogens is 4. The lowest BCUT2D eigenvalue weighted by Crippen LogP contribution is -2.47. The van der Waals surface area contributed by atoms with Gasteiger partial charge in [0.2, 0.25) is 10.0 Å². The zero-order chi connectivity index (χ0) is 17.5. The molecule has 4 nitrogen and oxygen atoms in total. The molecular weight excluding hydrogens is 326 g/mol. The second-order valence-electron chi connectivity index (χ2n) is 5.88. The van der Waals surface area contributed by atoms with Gasteiger partial charge in [-0.3, -0.25) is 0 Å². The first kappa shape index (κ1) is 18.9. The molecule has 1 rings (SSSR count). The molecule has 0 aliphatic rings. The summed E-state index contributed by atoms with van der Waals surface area (Å²) in [5.74, 6) is -7.64. The van der Waals surface area contributed by atoms with E-state index < -0.39 is 56.3 Å². The Morgan fingerprint density at radius 2 is 1.55 bits per heavy atom. The number of rotatable bonds is 4. The maximum absolute atomic E-state index is 13.7. The summed E-state index contributed by atoms with van der Waals surface area (Å²) in [6.45, 7) is 4.15. The van der Waals surface area contributed by atoms with E-state index in [2.05, 4.69) is 0 Å². The second kappa shape index (κ2) is 6.13. The molecule has 1 aromatic rings. The first-order valence-corrected chi connectivity index (χ1v) is 7.71. The largest absolute Gasteiger partial charge is 0.395 e. The predicted molar refractivity (Wildman–Crippen MR) is 71.6 cm³/mol. The van der Waals surface area contributed by atoms with Gasteiger partial charge >= 0.3 is 0 Å². The van der Waals surface area contributed by atoms with Crippen molar-refractivity contribution in [2.24, 2.45) is 5.41 Å². The molecule has 0 unspecified atom stereocenters. The first-order valence-electron chi connectivity index (χ1n) is 6.27. The zero-order valence-electron chi connectivity index (χ0n) is 12.5. The Kier molecular flexibility index (Phi) is 5.26. The molecule has 1 atom stereocenters. The minimum absolute atomic E-state index is 0.0724. The predicted octanol–water partition coefficient (Wildman–Crippen LogP) is 2.27. The van der Waals surface area contributed by atoms with Crippen molar-refractivity contribution >= 4 is 10.0 Å². The van der Waals surface area contributed by atoms with E-state index in [4.69, 9.17) is 0 Å². The highest BCUT2D eigenvalue weighted by atomic mass is 32.2. The van der Waals surface area contributed by atoms with Crippen molar-refractivity contribution in [1.29, 1.82) is 0 Å². The fourth-order valence-electron chi connectivity index (χ4n) is 2.02. The topological polar surface area (TPSA) is 57.6 Å². The molecule has 0 saturated heterocycles. The van der Waals surface area contributed by atoms with Crippen LogP contribution in [0.15, 0.2) is 11.0 Å². The van der Waals surface area contributed by atoms with Gasteiger partial charge in [0, 0.05) is 13.1 Å². The van der Waals surface area contributed by atoms with Crippen LogP contribution >= 0.6 is 0 Å². The molecule has 1 aromatic carbocycles. The van der Waals surface area contributed by atoms with Crippen molar-refractivity contribution in [2.45, 2.75) is 31.7 Å². The lowest BCUT2D eigenvalue weighted by Gasteiger charge is -2.35. The van der Waals surface area contributed by atoms with E-state index in [1.54, 1.807) is 20.8 Å². The van der Waals surface area contributed by atoms with Crippen LogP contribution in [0.5, 0.6) is 0 Å². The van der Waals surface area contributed by atoms with Crippen LogP contribution in [0.2, 0.25) is 0 Å². The van der Waals surface area contributed by atoms with Crippen molar-refractivity contribution in [3.63, 3.8) is 0 Å². The van der Waals surface area contributed by atoms with Gasteiger partial charge in [-0.2, -0.15) is 4.31 Å². The Bertz CT molecular complexity index is 645. The van der Waals surface area contributed by atoms with Crippen molar-refractivity contribution in [3.05, 3.63) is 29.3 Å². The van der Waals surface area contributed by atoms with Gasteiger partial charge in [0.25, 0.3) is 0 Å². The van der Waals surface area contributed by atoms with E-state index in [9.17, 15) is 31.1 Å². The summed E-state index contributed by atoms with van der Waals surface area (Å²) in [5, 5.41) is 9.35. The minimum Gasteiger partial charge on any atom is -0.395 e. The van der Waals surface area contributed by atoms with Crippen LogP contribution in [-0.2, 0) is 10.0 Å². The third-order valence-corrected chi connectivity index (χ3v) is 5.21. The van der Waals surface area contributed by atoms with Crippen molar-refractivity contribution in [2.75, 3.05) is 13.7 Å². The van der Waals surface area contributed by atoms with Crippen LogP contribution in [0.4, 0.5) is 17.6 Å². The van der Waals surface area contributed by atoms with Gasteiger partial charge in [-0.25, -0.2) is 26.0 Å². The summed E-state index contributed by atoms with van der Waals surface area (Å²) >= 11 is 0. The van der Waals surface area contributed by atoms with E-state index in [0.717, 1.165) is 7.05 Å². The Hall–Kier alpha value is -1.19. The smallest absolute Gasteiger partial charge is 0.249 e. The number of likely N-dealkylation sites (N-methyl/N-ethyl adjacent to an activating group) is 1. The summed E-state index contributed by atoms with van der Waals surface area (Å²) in [6, 6.07) is -1.13. The van der Waals surface area contributed by atoms with Gasteiger partial charge in [0.15, 0.2) is 28.2 Å². The Balaban J connectivity index is 3.55. The van der Waals surface area contributed by atoms with Crippen LogP contribution in [0.25, 0.3) is 0 Å². The summed E-state index contributed by atoms with van der Waals surface area (Å²) < 4.78 is 79.0. The van der Waals surface area contributed by atoms with E-state index in [-0.39, 0.29) is 6.07 Å². The molecule has 0 amide bonds. The molecule has 0 heterocycles. The van der Waals surface area contributed by atoms with E-state index in [0.29, 0.717) is 4.31 Å². The fourth-order valence-corrected chi connectivity index (χ4v) is 3.68. The molecule has 9 heteroatoms. The van der Waals surface area contributed by atoms with Crippen molar-refractivity contribution in [3.8, 4) is 0 Å². The Labute approximate surface area is 126 Å². The maximum Gasteiger partial charge on any atom is 0.249 e. The monoisotopic (exact) mass is 343 g/mol. The summed E-state index contributed by atoms with van der Waals surface area (Å²) in [4.78, 5) is -1.71. The molecule has 0 aromatic heterocycles. The number of nitrogens with zero attached hydrogens (tertiary/aromatic N) is 1. The zero-order valence-corrected chi connectivity index (χ0v) is 13.3. The molecule has 0 saturated carbocycles. The van der Waals surface area contributed by atoms with Crippen molar-refractivity contribution in [1.82, 2.24) is 4.31 Å². The van der Waals surface area contributed by atoms with E-state index >= 15 is 0 Å². The van der Waals surface area contributed by atoms with Gasteiger partial charge in [-0.1, -0.05) is 20.8 Å². The van der Waals surface area contributed by atoms with Crippen LogP contribution in [0, 0.1) is 28.7 Å². The van der Waals surface area contributed by atoms with Crippen LogP contribution in [0.3, 0.4) is 0 Å². The fraction of sp³-hybridized carbons (Fsp3) is 0.538. The van der Waals surface area contributed by atoms with Gasteiger partial charge in [-0.05, 0) is 5.41 Å². The number of hydrogen-bond acceptors (Lipinski definition) is 3. The third kappa shape index (κ3) is 3.26. The van der Waals surface area contributed by atoms with Crippen LogP contribution < -0.4 is 0 Å². The molecule has 22 heavy (non-hydrogen) atoms. The highest BCUT2D eigenvalue weighted by molar-refractivity contribution is 7.89. The molecule has 0 aliphatic carbocycles. The Morgan fingerprint density at radius 3 is 1.86 bits per heavy atom. The lowest BCUT2D eigenvalue weighted by atomic mass is 9.87.